The van der Waals surface area contributed by atoms with Crippen LogP contribution in [0.1, 0.15) is 30.5 Å². The van der Waals surface area contributed by atoms with Gasteiger partial charge in [0.1, 0.15) is 11.5 Å². The maximum absolute atomic E-state index is 6.32. The largest absolute Gasteiger partial charge is 0.497 e. The lowest BCUT2D eigenvalue weighted by atomic mass is 9.99. The third-order valence-corrected chi connectivity index (χ3v) is 3.35. The van der Waals surface area contributed by atoms with E-state index in [1.165, 1.54) is 5.56 Å². The molecular formula is C18H23NO2. The minimum Gasteiger partial charge on any atom is -0.497 e. The Morgan fingerprint density at radius 3 is 2.57 bits per heavy atom. The fourth-order valence-electron chi connectivity index (χ4n) is 2.23. The molecule has 0 spiro atoms. The van der Waals surface area contributed by atoms with Crippen LogP contribution in [0.4, 0.5) is 0 Å². The van der Waals surface area contributed by atoms with Crippen molar-refractivity contribution in [2.45, 2.75) is 25.8 Å². The van der Waals surface area contributed by atoms with E-state index in [0.717, 1.165) is 36.5 Å². The molecule has 0 aliphatic rings. The van der Waals surface area contributed by atoms with Gasteiger partial charge < -0.3 is 15.2 Å². The molecule has 1 unspecified atom stereocenters. The predicted octanol–water partition coefficient (Wildman–Crippen LogP) is 3.73. The fraction of sp³-hybridized carbons (Fsp3) is 0.333. The Morgan fingerprint density at radius 1 is 1.05 bits per heavy atom. The number of hydrogen-bond acceptors (Lipinski definition) is 3. The molecule has 0 heterocycles. The fourth-order valence-corrected chi connectivity index (χ4v) is 2.23. The quantitative estimate of drug-likeness (QED) is 0.843. The van der Waals surface area contributed by atoms with Gasteiger partial charge in [-0.05, 0) is 48.2 Å². The summed E-state index contributed by atoms with van der Waals surface area (Å²) in [4.78, 5) is 0. The van der Waals surface area contributed by atoms with Crippen LogP contribution in [0.25, 0.3) is 0 Å². The zero-order chi connectivity index (χ0) is 15.1. The Kier molecular flexibility index (Phi) is 5.64. The summed E-state index contributed by atoms with van der Waals surface area (Å²) in [6.07, 6.45) is 1.77. The van der Waals surface area contributed by atoms with Crippen LogP contribution in [0, 0.1) is 0 Å². The smallest absolute Gasteiger partial charge is 0.119 e. The molecule has 2 rings (SSSR count). The SMILES string of the molecule is CCCOc1cccc(C(N)Cc2cccc(OC)c2)c1. The molecule has 0 aromatic heterocycles. The molecule has 0 radical (unpaired) electrons. The summed E-state index contributed by atoms with van der Waals surface area (Å²) >= 11 is 0. The Labute approximate surface area is 126 Å². The number of hydrogen-bond donors (Lipinski definition) is 1. The lowest BCUT2D eigenvalue weighted by Gasteiger charge is -2.14. The van der Waals surface area contributed by atoms with Crippen molar-refractivity contribution in [3.05, 3.63) is 59.7 Å². The van der Waals surface area contributed by atoms with Crippen LogP contribution in [-0.4, -0.2) is 13.7 Å². The van der Waals surface area contributed by atoms with E-state index in [2.05, 4.69) is 13.0 Å². The van der Waals surface area contributed by atoms with Gasteiger partial charge in [0.2, 0.25) is 0 Å². The van der Waals surface area contributed by atoms with Crippen LogP contribution < -0.4 is 15.2 Å². The molecule has 0 aliphatic heterocycles. The molecule has 0 saturated heterocycles. The Hall–Kier alpha value is -2.00. The van der Waals surface area contributed by atoms with Crippen LogP contribution in [-0.2, 0) is 6.42 Å². The molecule has 3 heteroatoms. The highest BCUT2D eigenvalue weighted by atomic mass is 16.5. The Balaban J connectivity index is 2.06. The van der Waals surface area contributed by atoms with Crippen LogP contribution >= 0.6 is 0 Å². The molecule has 0 bridgehead atoms. The zero-order valence-corrected chi connectivity index (χ0v) is 12.7. The van der Waals surface area contributed by atoms with Crippen LogP contribution in [0.15, 0.2) is 48.5 Å². The summed E-state index contributed by atoms with van der Waals surface area (Å²) in [6.45, 7) is 2.83. The van der Waals surface area contributed by atoms with Gasteiger partial charge in [-0.2, -0.15) is 0 Å². The zero-order valence-electron chi connectivity index (χ0n) is 12.7. The summed E-state index contributed by atoms with van der Waals surface area (Å²) < 4.78 is 10.9. The van der Waals surface area contributed by atoms with E-state index in [4.69, 9.17) is 15.2 Å². The van der Waals surface area contributed by atoms with Crippen molar-refractivity contribution in [2.24, 2.45) is 5.73 Å². The molecule has 2 aromatic carbocycles. The van der Waals surface area contributed by atoms with E-state index in [-0.39, 0.29) is 6.04 Å². The summed E-state index contributed by atoms with van der Waals surface area (Å²) in [5.41, 5.74) is 8.58. The van der Waals surface area contributed by atoms with Gasteiger partial charge in [0.15, 0.2) is 0 Å². The molecule has 0 saturated carbocycles. The molecule has 2 N–H and O–H groups in total. The number of methoxy groups -OCH3 is 1. The molecule has 0 amide bonds. The summed E-state index contributed by atoms with van der Waals surface area (Å²) in [5.74, 6) is 1.75. The first-order valence-corrected chi connectivity index (χ1v) is 7.34. The first kappa shape index (κ1) is 15.4. The van der Waals surface area contributed by atoms with Crippen molar-refractivity contribution in [2.75, 3.05) is 13.7 Å². The van der Waals surface area contributed by atoms with Crippen molar-refractivity contribution in [3.63, 3.8) is 0 Å². The summed E-state index contributed by atoms with van der Waals surface area (Å²) in [7, 11) is 1.67. The highest BCUT2D eigenvalue weighted by Gasteiger charge is 2.09. The molecule has 1 atom stereocenters. The van der Waals surface area contributed by atoms with Crippen molar-refractivity contribution >= 4 is 0 Å². The monoisotopic (exact) mass is 285 g/mol. The third kappa shape index (κ3) is 4.50. The van der Waals surface area contributed by atoms with E-state index >= 15 is 0 Å². The van der Waals surface area contributed by atoms with Crippen LogP contribution in [0.2, 0.25) is 0 Å². The average molecular weight is 285 g/mol. The number of rotatable bonds is 7. The Morgan fingerprint density at radius 2 is 1.81 bits per heavy atom. The first-order valence-electron chi connectivity index (χ1n) is 7.34. The normalized spacial score (nSPS) is 12.0. The van der Waals surface area contributed by atoms with Crippen LogP contribution in [0.5, 0.6) is 11.5 Å². The highest BCUT2D eigenvalue weighted by molar-refractivity contribution is 5.33. The second-order valence-corrected chi connectivity index (χ2v) is 5.08. The maximum Gasteiger partial charge on any atom is 0.119 e. The average Bonchev–Trinajstić information content (AvgIpc) is 2.53. The number of benzene rings is 2. The molecule has 21 heavy (non-hydrogen) atoms. The van der Waals surface area contributed by atoms with E-state index < -0.39 is 0 Å². The van der Waals surface area contributed by atoms with Gasteiger partial charge >= 0.3 is 0 Å². The van der Waals surface area contributed by atoms with Crippen molar-refractivity contribution in [1.82, 2.24) is 0 Å². The van der Waals surface area contributed by atoms with Crippen LogP contribution in [0.3, 0.4) is 0 Å². The maximum atomic E-state index is 6.32. The molecule has 2 aromatic rings. The number of nitrogens with two attached hydrogens (primary N) is 1. The lowest BCUT2D eigenvalue weighted by Crippen LogP contribution is -2.13. The first-order chi connectivity index (χ1) is 10.2. The third-order valence-electron chi connectivity index (χ3n) is 3.35. The van der Waals surface area contributed by atoms with E-state index in [9.17, 15) is 0 Å². The van der Waals surface area contributed by atoms with Gasteiger partial charge in [0, 0.05) is 6.04 Å². The molecule has 3 nitrogen and oxygen atoms in total. The topological polar surface area (TPSA) is 44.5 Å². The second-order valence-electron chi connectivity index (χ2n) is 5.08. The Bertz CT molecular complexity index is 569. The minimum absolute atomic E-state index is 0.0534. The standard InChI is InChI=1S/C18H23NO2/c1-3-10-21-17-9-5-7-15(13-17)18(19)12-14-6-4-8-16(11-14)20-2/h4-9,11,13,18H,3,10,12,19H2,1-2H3. The molecule has 112 valence electrons. The van der Waals surface area contributed by atoms with E-state index in [0.29, 0.717) is 0 Å². The number of ether oxygens (including phenoxy) is 2. The molecule has 0 aliphatic carbocycles. The highest BCUT2D eigenvalue weighted by Crippen LogP contribution is 2.22. The van der Waals surface area contributed by atoms with Crippen molar-refractivity contribution in [1.29, 1.82) is 0 Å². The lowest BCUT2D eigenvalue weighted by molar-refractivity contribution is 0.317. The molecule has 0 fully saturated rings. The summed E-state index contributed by atoms with van der Waals surface area (Å²) in [5, 5.41) is 0. The van der Waals surface area contributed by atoms with E-state index in [1.54, 1.807) is 7.11 Å². The predicted molar refractivity (Wildman–Crippen MR) is 85.9 cm³/mol. The van der Waals surface area contributed by atoms with Gasteiger partial charge in [-0.15, -0.1) is 0 Å². The molecular weight excluding hydrogens is 262 g/mol. The van der Waals surface area contributed by atoms with E-state index in [1.807, 2.05) is 42.5 Å². The van der Waals surface area contributed by atoms with Gasteiger partial charge in [-0.1, -0.05) is 31.2 Å². The van der Waals surface area contributed by atoms with Crippen molar-refractivity contribution < 1.29 is 9.47 Å². The second kappa shape index (κ2) is 7.70. The van der Waals surface area contributed by atoms with Gasteiger partial charge in [0.05, 0.1) is 13.7 Å². The summed E-state index contributed by atoms with van der Waals surface area (Å²) in [6, 6.07) is 16.0. The minimum atomic E-state index is -0.0534. The van der Waals surface area contributed by atoms with Gasteiger partial charge in [0.25, 0.3) is 0 Å². The van der Waals surface area contributed by atoms with Crippen molar-refractivity contribution in [3.8, 4) is 11.5 Å². The van der Waals surface area contributed by atoms with Gasteiger partial charge in [-0.25, -0.2) is 0 Å². The van der Waals surface area contributed by atoms with Gasteiger partial charge in [-0.3, -0.25) is 0 Å².